The van der Waals surface area contributed by atoms with E-state index in [0.717, 1.165) is 12.0 Å². The van der Waals surface area contributed by atoms with Gasteiger partial charge in [-0.15, -0.1) is 0 Å². The Hall–Kier alpha value is -1.13. The lowest BCUT2D eigenvalue weighted by atomic mass is 9.85. The number of aryl methyl sites for hydroxylation is 1. The van der Waals surface area contributed by atoms with Gasteiger partial charge in [-0.25, -0.2) is 4.39 Å². The molecule has 0 saturated heterocycles. The van der Waals surface area contributed by atoms with E-state index in [2.05, 4.69) is 5.32 Å². The van der Waals surface area contributed by atoms with Crippen molar-refractivity contribution in [3.05, 3.63) is 29.6 Å². The molecule has 0 aliphatic heterocycles. The van der Waals surface area contributed by atoms with Gasteiger partial charge in [0, 0.05) is 25.1 Å². The number of nitrogens with one attached hydrogen (secondary N) is 1. The first-order valence-corrected chi connectivity index (χ1v) is 6.37. The molecule has 3 atom stereocenters. The molecule has 3 unspecified atom stereocenters. The predicted molar refractivity (Wildman–Crippen MR) is 68.4 cm³/mol. The van der Waals surface area contributed by atoms with E-state index in [4.69, 9.17) is 9.47 Å². The third-order valence-corrected chi connectivity index (χ3v) is 3.41. The Morgan fingerprint density at radius 1 is 1.44 bits per heavy atom. The molecular formula is C14H20FNO2. The summed E-state index contributed by atoms with van der Waals surface area (Å²) in [5, 5.41) is 3.20. The van der Waals surface area contributed by atoms with Gasteiger partial charge < -0.3 is 14.8 Å². The zero-order valence-electron chi connectivity index (χ0n) is 11.1. The first-order chi connectivity index (χ1) is 8.65. The summed E-state index contributed by atoms with van der Waals surface area (Å²) in [5.41, 5.74) is 0.944. The normalized spacial score (nSPS) is 26.8. The largest absolute Gasteiger partial charge is 0.487 e. The molecule has 1 saturated carbocycles. The average molecular weight is 253 g/mol. The van der Waals surface area contributed by atoms with E-state index in [0.29, 0.717) is 18.4 Å². The molecule has 18 heavy (non-hydrogen) atoms. The van der Waals surface area contributed by atoms with Crippen LogP contribution in [0.3, 0.4) is 0 Å². The monoisotopic (exact) mass is 253 g/mol. The summed E-state index contributed by atoms with van der Waals surface area (Å²) in [7, 11) is 1.92. The van der Waals surface area contributed by atoms with E-state index < -0.39 is 0 Å². The van der Waals surface area contributed by atoms with Crippen molar-refractivity contribution in [3.63, 3.8) is 0 Å². The molecule has 3 nitrogen and oxygen atoms in total. The Kier molecular flexibility index (Phi) is 4.19. The number of hydrogen-bond donors (Lipinski definition) is 1. The quantitative estimate of drug-likeness (QED) is 0.873. The Balaban J connectivity index is 2.03. The van der Waals surface area contributed by atoms with Gasteiger partial charge in [0.25, 0.3) is 0 Å². The minimum Gasteiger partial charge on any atom is -0.487 e. The number of benzene rings is 1. The second-order valence-corrected chi connectivity index (χ2v) is 4.62. The maximum Gasteiger partial charge on any atom is 0.128 e. The lowest BCUT2D eigenvalue weighted by Crippen LogP contribution is -2.60. The zero-order valence-corrected chi connectivity index (χ0v) is 11.1. The van der Waals surface area contributed by atoms with Crippen LogP contribution < -0.4 is 10.1 Å². The lowest BCUT2D eigenvalue weighted by Gasteiger charge is -2.43. The Morgan fingerprint density at radius 3 is 2.89 bits per heavy atom. The Labute approximate surface area is 107 Å². The van der Waals surface area contributed by atoms with Crippen LogP contribution in [0.25, 0.3) is 0 Å². The van der Waals surface area contributed by atoms with Crippen molar-refractivity contribution in [1.29, 1.82) is 0 Å². The van der Waals surface area contributed by atoms with Crippen molar-refractivity contribution in [1.82, 2.24) is 5.32 Å². The molecule has 4 heteroatoms. The van der Waals surface area contributed by atoms with E-state index in [-0.39, 0.29) is 18.0 Å². The van der Waals surface area contributed by atoms with E-state index >= 15 is 0 Å². The standard InChI is InChI=1S/C14H20FNO2/c1-4-17-14-11(16-3)8-13(14)18-12-7-10(15)6-5-9(12)2/h5-7,11,13-14,16H,4,8H2,1-3H3. The Morgan fingerprint density at radius 2 is 2.22 bits per heavy atom. The van der Waals surface area contributed by atoms with Crippen LogP contribution >= 0.6 is 0 Å². The molecule has 0 heterocycles. The number of rotatable bonds is 5. The van der Waals surface area contributed by atoms with Gasteiger partial charge in [-0.3, -0.25) is 0 Å². The van der Waals surface area contributed by atoms with E-state index in [1.807, 2.05) is 20.9 Å². The van der Waals surface area contributed by atoms with Crippen LogP contribution in [0.4, 0.5) is 4.39 Å². The fraction of sp³-hybridized carbons (Fsp3) is 0.571. The van der Waals surface area contributed by atoms with E-state index in [9.17, 15) is 4.39 Å². The van der Waals surface area contributed by atoms with Gasteiger partial charge in [0.05, 0.1) is 0 Å². The van der Waals surface area contributed by atoms with Crippen molar-refractivity contribution < 1.29 is 13.9 Å². The van der Waals surface area contributed by atoms with Crippen LogP contribution in [0.1, 0.15) is 18.9 Å². The van der Waals surface area contributed by atoms with Gasteiger partial charge in [-0.1, -0.05) is 6.07 Å². The summed E-state index contributed by atoms with van der Waals surface area (Å²) < 4.78 is 24.7. The molecule has 2 rings (SSSR count). The fourth-order valence-electron chi connectivity index (χ4n) is 2.26. The minimum atomic E-state index is -0.270. The third-order valence-electron chi connectivity index (χ3n) is 3.41. The number of halogens is 1. The van der Waals surface area contributed by atoms with Crippen molar-refractivity contribution in [3.8, 4) is 5.75 Å². The summed E-state index contributed by atoms with van der Waals surface area (Å²) in [6.45, 7) is 4.54. The second kappa shape index (κ2) is 5.67. The van der Waals surface area contributed by atoms with Crippen LogP contribution in [0.5, 0.6) is 5.75 Å². The molecule has 100 valence electrons. The van der Waals surface area contributed by atoms with Gasteiger partial charge >= 0.3 is 0 Å². The minimum absolute atomic E-state index is 0.00269. The maximum absolute atomic E-state index is 13.2. The van der Waals surface area contributed by atoms with Crippen LogP contribution in [-0.2, 0) is 4.74 Å². The van der Waals surface area contributed by atoms with Gasteiger partial charge in [-0.2, -0.15) is 0 Å². The van der Waals surface area contributed by atoms with Gasteiger partial charge in [0.1, 0.15) is 23.8 Å². The average Bonchev–Trinajstić information content (AvgIpc) is 2.35. The molecule has 1 aromatic carbocycles. The van der Waals surface area contributed by atoms with Crippen molar-refractivity contribution in [2.45, 2.75) is 38.5 Å². The van der Waals surface area contributed by atoms with Crippen LogP contribution in [0.15, 0.2) is 18.2 Å². The van der Waals surface area contributed by atoms with E-state index in [1.165, 1.54) is 12.1 Å². The highest BCUT2D eigenvalue weighted by molar-refractivity contribution is 5.33. The number of ether oxygens (including phenoxy) is 2. The molecule has 1 aromatic rings. The molecule has 1 aliphatic carbocycles. The molecule has 0 aromatic heterocycles. The van der Waals surface area contributed by atoms with Crippen LogP contribution in [-0.4, -0.2) is 31.9 Å². The smallest absolute Gasteiger partial charge is 0.128 e. The highest BCUT2D eigenvalue weighted by Gasteiger charge is 2.42. The lowest BCUT2D eigenvalue weighted by molar-refractivity contribution is -0.103. The molecule has 1 N–H and O–H groups in total. The highest BCUT2D eigenvalue weighted by Crippen LogP contribution is 2.30. The molecule has 0 bridgehead atoms. The summed E-state index contributed by atoms with van der Waals surface area (Å²) in [6, 6.07) is 4.93. The molecule has 0 spiro atoms. The number of hydrogen-bond acceptors (Lipinski definition) is 3. The fourth-order valence-corrected chi connectivity index (χ4v) is 2.26. The topological polar surface area (TPSA) is 30.5 Å². The molecule has 1 aliphatic rings. The van der Waals surface area contributed by atoms with Crippen LogP contribution in [0.2, 0.25) is 0 Å². The summed E-state index contributed by atoms with van der Waals surface area (Å²) >= 11 is 0. The van der Waals surface area contributed by atoms with Gasteiger partial charge in [0.2, 0.25) is 0 Å². The van der Waals surface area contributed by atoms with Crippen molar-refractivity contribution in [2.75, 3.05) is 13.7 Å². The van der Waals surface area contributed by atoms with Gasteiger partial charge in [0.15, 0.2) is 0 Å². The summed E-state index contributed by atoms with van der Waals surface area (Å²) in [5.74, 6) is 0.340. The number of likely N-dealkylation sites (N-methyl/N-ethyl adjacent to an activating group) is 1. The Bertz CT molecular complexity index is 411. The molecule has 1 fully saturated rings. The van der Waals surface area contributed by atoms with Crippen LogP contribution in [0, 0.1) is 12.7 Å². The predicted octanol–water partition coefficient (Wildman–Crippen LogP) is 2.28. The van der Waals surface area contributed by atoms with E-state index in [1.54, 1.807) is 6.07 Å². The van der Waals surface area contributed by atoms with Gasteiger partial charge in [-0.05, 0) is 32.5 Å². The maximum atomic E-state index is 13.2. The second-order valence-electron chi connectivity index (χ2n) is 4.62. The first kappa shape index (κ1) is 13.3. The molecule has 0 amide bonds. The van der Waals surface area contributed by atoms with Crippen molar-refractivity contribution in [2.24, 2.45) is 0 Å². The highest BCUT2D eigenvalue weighted by atomic mass is 19.1. The van der Waals surface area contributed by atoms with Crippen molar-refractivity contribution >= 4 is 0 Å². The zero-order chi connectivity index (χ0) is 13.1. The molecule has 0 radical (unpaired) electrons. The molecular weight excluding hydrogens is 233 g/mol. The third kappa shape index (κ3) is 2.65. The summed E-state index contributed by atoms with van der Waals surface area (Å²) in [4.78, 5) is 0. The SMILES string of the molecule is CCOC1C(NC)CC1Oc1cc(F)ccc1C. The summed E-state index contributed by atoms with van der Waals surface area (Å²) in [6.07, 6.45) is 0.933. The first-order valence-electron chi connectivity index (χ1n) is 6.37.